The summed E-state index contributed by atoms with van der Waals surface area (Å²) in [6, 6.07) is 20.8. The van der Waals surface area contributed by atoms with E-state index in [0.717, 1.165) is 22.5 Å². The van der Waals surface area contributed by atoms with Gasteiger partial charge < -0.3 is 25.4 Å². The number of nitrogens with zero attached hydrogens (tertiary/aromatic N) is 3. The molecule has 4 aromatic rings. The first-order valence-corrected chi connectivity index (χ1v) is 17.0. The van der Waals surface area contributed by atoms with Gasteiger partial charge in [0.25, 0.3) is 11.8 Å². The first-order valence-electron chi connectivity index (χ1n) is 14.2. The van der Waals surface area contributed by atoms with Crippen molar-refractivity contribution < 1.29 is 33.5 Å². The summed E-state index contributed by atoms with van der Waals surface area (Å²) in [6.45, 7) is -0.237. The maximum absolute atomic E-state index is 14.1. The largest absolute Gasteiger partial charge is 0.457 e. The molecule has 6 rings (SSSR count). The smallest absolute Gasteiger partial charge is 0.356 e. The number of carbonyl (C=O) groups is 4. The van der Waals surface area contributed by atoms with E-state index in [1.54, 1.807) is 22.9 Å². The Kier molecular flexibility index (Phi) is 9.65. The van der Waals surface area contributed by atoms with Crippen LogP contribution in [0.15, 0.2) is 100.0 Å². The van der Waals surface area contributed by atoms with Gasteiger partial charge in [0.05, 0.1) is 0 Å². The number of amides is 2. The third kappa shape index (κ3) is 6.77. The zero-order valence-electron chi connectivity index (χ0n) is 24.7. The molecule has 0 radical (unpaired) electrons. The summed E-state index contributed by atoms with van der Waals surface area (Å²) in [6.07, 6.45) is -0.786. The maximum atomic E-state index is 14.1. The van der Waals surface area contributed by atoms with Crippen LogP contribution in [0.3, 0.4) is 0 Å². The molecular formula is C32H27N5O7S3. The van der Waals surface area contributed by atoms with Crippen molar-refractivity contribution in [3.63, 3.8) is 0 Å². The highest BCUT2D eigenvalue weighted by Gasteiger charge is 2.55. The number of β-lactam (4-membered cyclic amide) rings is 1. The van der Waals surface area contributed by atoms with Crippen LogP contribution in [0.5, 0.6) is 0 Å². The van der Waals surface area contributed by atoms with Gasteiger partial charge in [-0.05, 0) is 22.6 Å². The second kappa shape index (κ2) is 14.2. The normalized spacial score (nSPS) is 17.5. The molecule has 2 aliphatic heterocycles. The molecule has 15 heteroatoms. The lowest BCUT2D eigenvalue weighted by atomic mass is 10.0. The third-order valence-electron chi connectivity index (χ3n) is 7.22. The molecule has 0 spiro atoms. The van der Waals surface area contributed by atoms with Crippen molar-refractivity contribution in [2.24, 2.45) is 5.16 Å². The van der Waals surface area contributed by atoms with E-state index < -0.39 is 41.3 Å². The van der Waals surface area contributed by atoms with Crippen LogP contribution in [0.2, 0.25) is 0 Å². The summed E-state index contributed by atoms with van der Waals surface area (Å²) in [4.78, 5) is 64.4. The van der Waals surface area contributed by atoms with Gasteiger partial charge in [-0.2, -0.15) is 0 Å². The number of carbonyl (C=O) groups excluding carboxylic acids is 4. The molecule has 1 fully saturated rings. The van der Waals surface area contributed by atoms with Crippen LogP contribution in [0.25, 0.3) is 0 Å². The van der Waals surface area contributed by atoms with E-state index in [4.69, 9.17) is 20.0 Å². The Morgan fingerprint density at radius 2 is 1.72 bits per heavy atom. The van der Waals surface area contributed by atoms with E-state index in [9.17, 15) is 19.2 Å². The molecule has 0 bridgehead atoms. The number of nitrogens with one attached hydrogen (secondary N) is 1. The number of benzene rings is 2. The molecule has 2 aromatic carbocycles. The number of ether oxygens (including phenoxy) is 2. The number of esters is 2. The highest BCUT2D eigenvalue weighted by Crippen LogP contribution is 2.42. The minimum Gasteiger partial charge on any atom is -0.457 e. The lowest BCUT2D eigenvalue weighted by Crippen LogP contribution is -2.71. The Balaban J connectivity index is 1.28. The van der Waals surface area contributed by atoms with E-state index in [2.05, 4.69) is 15.5 Å². The molecule has 12 nitrogen and oxygen atoms in total. The zero-order valence-corrected chi connectivity index (χ0v) is 27.2. The average molecular weight is 690 g/mol. The minimum atomic E-state index is -0.998. The Morgan fingerprint density at radius 3 is 2.32 bits per heavy atom. The molecule has 0 aliphatic carbocycles. The topological polar surface area (TPSA) is 163 Å². The fourth-order valence-corrected chi connectivity index (χ4v) is 7.54. The van der Waals surface area contributed by atoms with Gasteiger partial charge in [0.1, 0.15) is 41.4 Å². The Labute approximate surface area is 281 Å². The van der Waals surface area contributed by atoms with Crippen molar-refractivity contribution in [3.05, 3.63) is 117 Å². The van der Waals surface area contributed by atoms with Crippen LogP contribution in [0, 0.1) is 0 Å². The quantitative estimate of drug-likeness (QED) is 0.102. The molecule has 0 saturated carbocycles. The van der Waals surface area contributed by atoms with E-state index in [1.807, 2.05) is 60.7 Å². The van der Waals surface area contributed by atoms with Gasteiger partial charge in [-0.1, -0.05) is 71.9 Å². The third-order valence-corrected chi connectivity index (χ3v) is 10.1. The van der Waals surface area contributed by atoms with Crippen molar-refractivity contribution in [1.82, 2.24) is 15.2 Å². The van der Waals surface area contributed by atoms with Crippen LogP contribution >= 0.6 is 34.4 Å². The van der Waals surface area contributed by atoms with Crippen molar-refractivity contribution in [2.75, 3.05) is 25.2 Å². The second-order valence-electron chi connectivity index (χ2n) is 10.2. The number of anilines is 1. The SMILES string of the molecule is CON=C(C(=O)NC1C(=O)N2C(C(=O)OC(c3ccccc3)c3ccccc3)=C(COC(=O)c3cccs3)CS[C@H]12)c1csc(N)n1. The van der Waals surface area contributed by atoms with Crippen molar-refractivity contribution in [1.29, 1.82) is 0 Å². The van der Waals surface area contributed by atoms with Crippen molar-refractivity contribution in [3.8, 4) is 0 Å². The number of thiazole rings is 1. The summed E-state index contributed by atoms with van der Waals surface area (Å²) in [7, 11) is 1.28. The van der Waals surface area contributed by atoms with Crippen LogP contribution in [-0.4, -0.2) is 70.2 Å². The van der Waals surface area contributed by atoms with E-state index in [-0.39, 0.29) is 34.6 Å². The van der Waals surface area contributed by atoms with Gasteiger partial charge in [0.15, 0.2) is 16.9 Å². The molecular weight excluding hydrogens is 663 g/mol. The molecule has 1 saturated heterocycles. The highest BCUT2D eigenvalue weighted by atomic mass is 32.2. The fourth-order valence-electron chi connectivity index (χ4n) is 5.05. The molecule has 240 valence electrons. The Hall–Kier alpha value is -4.99. The van der Waals surface area contributed by atoms with E-state index >= 15 is 0 Å². The zero-order chi connectivity index (χ0) is 32.9. The molecule has 3 N–H and O–H groups in total. The van der Waals surface area contributed by atoms with Crippen molar-refractivity contribution in [2.45, 2.75) is 17.5 Å². The molecule has 1 unspecified atom stereocenters. The van der Waals surface area contributed by atoms with Crippen LogP contribution < -0.4 is 11.1 Å². The number of thiophene rings is 1. The van der Waals surface area contributed by atoms with Gasteiger partial charge in [-0.25, -0.2) is 14.6 Å². The van der Waals surface area contributed by atoms with E-state index in [0.29, 0.717) is 10.5 Å². The second-order valence-corrected chi connectivity index (χ2v) is 13.1. The summed E-state index contributed by atoms with van der Waals surface area (Å²) >= 11 is 3.67. The van der Waals surface area contributed by atoms with Gasteiger partial charge in [-0.15, -0.1) is 34.4 Å². The van der Waals surface area contributed by atoms with Crippen molar-refractivity contribution >= 4 is 69.0 Å². The number of nitrogen functional groups attached to an aromatic ring is 1. The number of nitrogens with two attached hydrogens (primary N) is 1. The first-order chi connectivity index (χ1) is 22.9. The molecule has 4 heterocycles. The lowest BCUT2D eigenvalue weighted by molar-refractivity contribution is -0.154. The molecule has 2 aliphatic rings. The van der Waals surface area contributed by atoms with Crippen LogP contribution in [0.4, 0.5) is 5.13 Å². The molecule has 2 amide bonds. The summed E-state index contributed by atoms with van der Waals surface area (Å²) < 4.78 is 11.7. The highest BCUT2D eigenvalue weighted by molar-refractivity contribution is 8.00. The number of aromatic nitrogens is 1. The number of hydrogen-bond acceptors (Lipinski definition) is 13. The Morgan fingerprint density at radius 1 is 1.02 bits per heavy atom. The monoisotopic (exact) mass is 689 g/mol. The number of hydrogen-bond donors (Lipinski definition) is 2. The van der Waals surface area contributed by atoms with Crippen LogP contribution in [-0.2, 0) is 28.7 Å². The number of thioether (sulfide) groups is 1. The van der Waals surface area contributed by atoms with Gasteiger partial charge in [-0.3, -0.25) is 14.5 Å². The predicted octanol–water partition coefficient (Wildman–Crippen LogP) is 3.98. The summed E-state index contributed by atoms with van der Waals surface area (Å²) in [5, 5.41) is 9.37. The number of fused-ring (bicyclic) bond motifs is 1. The summed E-state index contributed by atoms with van der Waals surface area (Å²) in [5.41, 5.74) is 7.60. The molecule has 2 aromatic heterocycles. The standard InChI is InChI=1S/C32H27N5O7S3/c1-42-36-23(21-17-47-32(33)34-21)27(38)35-24-28(39)37-25(20(16-46-29(24)37)15-43-30(40)22-13-8-14-45-22)31(41)44-26(18-9-4-2-5-10-18)19-11-6-3-7-12-19/h2-14,17,24,26,29H,15-16H2,1H3,(H2,33,34)(H,35,38)/t24?,29-/m1/s1. The first kappa shape index (κ1) is 32.0. The number of oxime groups is 1. The fraction of sp³-hybridized carbons (Fsp3) is 0.188. The van der Waals surface area contributed by atoms with Gasteiger partial charge in [0, 0.05) is 16.7 Å². The molecule has 47 heavy (non-hydrogen) atoms. The average Bonchev–Trinajstić information content (AvgIpc) is 3.80. The molecule has 2 atom stereocenters. The van der Waals surface area contributed by atoms with E-state index in [1.165, 1.54) is 35.1 Å². The minimum absolute atomic E-state index is 0.0295. The maximum Gasteiger partial charge on any atom is 0.356 e. The van der Waals surface area contributed by atoms with Gasteiger partial charge in [0.2, 0.25) is 0 Å². The Bertz CT molecular complexity index is 1810. The lowest BCUT2D eigenvalue weighted by Gasteiger charge is -2.49. The van der Waals surface area contributed by atoms with Crippen LogP contribution in [0.1, 0.15) is 32.6 Å². The number of rotatable bonds is 11. The predicted molar refractivity (Wildman–Crippen MR) is 178 cm³/mol. The summed E-state index contributed by atoms with van der Waals surface area (Å²) in [5.74, 6) is -2.34. The van der Waals surface area contributed by atoms with Gasteiger partial charge >= 0.3 is 11.9 Å².